The molecule has 1 aromatic carbocycles. The molecule has 0 radical (unpaired) electrons. The summed E-state index contributed by atoms with van der Waals surface area (Å²) in [6.07, 6.45) is 4.39. The fourth-order valence-corrected chi connectivity index (χ4v) is 3.72. The third-order valence-corrected chi connectivity index (χ3v) is 4.80. The zero-order valence-corrected chi connectivity index (χ0v) is 12.2. The highest BCUT2D eigenvalue weighted by atomic mass is 32.2. The molecule has 2 aromatic rings. The number of halogens is 2. The van der Waals surface area contributed by atoms with Gasteiger partial charge < -0.3 is 5.32 Å². The Labute approximate surface area is 127 Å². The van der Waals surface area contributed by atoms with Crippen LogP contribution in [0.1, 0.15) is 23.6 Å². The van der Waals surface area contributed by atoms with E-state index in [9.17, 15) is 8.78 Å². The zero-order chi connectivity index (χ0) is 14.7. The minimum atomic E-state index is -0.423. The van der Waals surface area contributed by atoms with Gasteiger partial charge in [-0.1, -0.05) is 0 Å². The van der Waals surface area contributed by atoms with E-state index in [2.05, 4.69) is 10.3 Å². The summed E-state index contributed by atoms with van der Waals surface area (Å²) in [6, 6.07) is 7.24. The second-order valence-electron chi connectivity index (χ2n) is 5.11. The van der Waals surface area contributed by atoms with Gasteiger partial charge in [0.05, 0.1) is 6.04 Å². The number of rotatable bonds is 4. The standard InChI is InChI=1S/C16H16F2N2S/c17-12-1-2-15(18)14(9-12)16(11-3-6-19-7-4-11)20-13-5-8-21-10-13/h1-4,6-7,9,13,16,20H,5,8,10H2/t13-,16+/m1/s1. The van der Waals surface area contributed by atoms with E-state index in [4.69, 9.17) is 0 Å². The van der Waals surface area contributed by atoms with Crippen molar-refractivity contribution in [3.05, 3.63) is 65.5 Å². The molecule has 1 N–H and O–H groups in total. The minimum Gasteiger partial charge on any atom is -0.303 e. The molecule has 110 valence electrons. The molecule has 1 aliphatic rings. The molecule has 1 fully saturated rings. The molecule has 0 amide bonds. The first-order chi connectivity index (χ1) is 10.2. The first-order valence-corrected chi connectivity index (χ1v) is 8.08. The van der Waals surface area contributed by atoms with Gasteiger partial charge in [0.15, 0.2) is 0 Å². The van der Waals surface area contributed by atoms with Gasteiger partial charge in [0.2, 0.25) is 0 Å². The van der Waals surface area contributed by atoms with Crippen molar-refractivity contribution in [2.45, 2.75) is 18.5 Å². The highest BCUT2D eigenvalue weighted by Gasteiger charge is 2.24. The molecule has 0 aliphatic carbocycles. The summed E-state index contributed by atoms with van der Waals surface area (Å²) < 4.78 is 27.7. The molecule has 0 spiro atoms. The van der Waals surface area contributed by atoms with E-state index in [1.165, 1.54) is 12.1 Å². The molecule has 0 unspecified atom stereocenters. The molecule has 1 aromatic heterocycles. The molecule has 2 heterocycles. The SMILES string of the molecule is Fc1ccc(F)c([C@@H](N[C@@H]2CCSC2)c2ccncc2)c1. The molecule has 2 atom stereocenters. The molecule has 0 saturated carbocycles. The second-order valence-corrected chi connectivity index (χ2v) is 6.26. The van der Waals surface area contributed by atoms with Crippen LogP contribution < -0.4 is 5.32 Å². The Morgan fingerprint density at radius 1 is 1.19 bits per heavy atom. The fourth-order valence-electron chi connectivity index (χ4n) is 2.56. The number of hydrogen-bond donors (Lipinski definition) is 1. The average Bonchev–Trinajstić information content (AvgIpc) is 3.01. The van der Waals surface area contributed by atoms with Crippen LogP contribution in [0, 0.1) is 11.6 Å². The van der Waals surface area contributed by atoms with Crippen molar-refractivity contribution in [2.75, 3.05) is 11.5 Å². The zero-order valence-electron chi connectivity index (χ0n) is 11.4. The summed E-state index contributed by atoms with van der Waals surface area (Å²) >= 11 is 1.88. The Kier molecular flexibility index (Phi) is 4.51. The summed E-state index contributed by atoms with van der Waals surface area (Å²) in [7, 11) is 0. The van der Waals surface area contributed by atoms with E-state index in [1.807, 2.05) is 23.9 Å². The van der Waals surface area contributed by atoms with Gasteiger partial charge in [0.1, 0.15) is 11.6 Å². The average molecular weight is 306 g/mol. The Hall–Kier alpha value is -1.46. The lowest BCUT2D eigenvalue weighted by Crippen LogP contribution is -2.34. The number of thioether (sulfide) groups is 1. The Balaban J connectivity index is 1.96. The van der Waals surface area contributed by atoms with Gasteiger partial charge >= 0.3 is 0 Å². The smallest absolute Gasteiger partial charge is 0.128 e. The summed E-state index contributed by atoms with van der Waals surface area (Å²) in [4.78, 5) is 3.99. The highest BCUT2D eigenvalue weighted by Crippen LogP contribution is 2.28. The molecule has 21 heavy (non-hydrogen) atoms. The molecule has 0 bridgehead atoms. The van der Waals surface area contributed by atoms with E-state index >= 15 is 0 Å². The summed E-state index contributed by atoms with van der Waals surface area (Å²) in [5, 5.41) is 3.46. The Bertz CT molecular complexity index is 600. The van der Waals surface area contributed by atoms with Crippen LogP contribution >= 0.6 is 11.8 Å². The van der Waals surface area contributed by atoms with Crippen molar-refractivity contribution in [2.24, 2.45) is 0 Å². The summed E-state index contributed by atoms with van der Waals surface area (Å²) in [6.45, 7) is 0. The molecule has 2 nitrogen and oxygen atoms in total. The van der Waals surface area contributed by atoms with E-state index in [0.717, 1.165) is 29.6 Å². The first-order valence-electron chi connectivity index (χ1n) is 6.92. The maximum Gasteiger partial charge on any atom is 0.128 e. The highest BCUT2D eigenvalue weighted by molar-refractivity contribution is 7.99. The topological polar surface area (TPSA) is 24.9 Å². The van der Waals surface area contributed by atoms with E-state index in [-0.39, 0.29) is 6.04 Å². The van der Waals surface area contributed by atoms with Crippen molar-refractivity contribution in [1.29, 1.82) is 0 Å². The summed E-state index contributed by atoms with van der Waals surface area (Å²) in [5.41, 5.74) is 1.24. The normalized spacial score (nSPS) is 19.6. The van der Waals surface area contributed by atoms with Gasteiger partial charge in [-0.2, -0.15) is 11.8 Å². The predicted molar refractivity (Wildman–Crippen MR) is 81.3 cm³/mol. The minimum absolute atomic E-state index is 0.316. The fraction of sp³-hybridized carbons (Fsp3) is 0.312. The van der Waals surface area contributed by atoms with Crippen molar-refractivity contribution in [3.8, 4) is 0 Å². The first kappa shape index (κ1) is 14.5. The van der Waals surface area contributed by atoms with Crippen molar-refractivity contribution < 1.29 is 8.78 Å². The van der Waals surface area contributed by atoms with Crippen LogP contribution in [0.4, 0.5) is 8.78 Å². The quantitative estimate of drug-likeness (QED) is 0.935. The lowest BCUT2D eigenvalue weighted by atomic mass is 9.97. The van der Waals surface area contributed by atoms with Crippen LogP contribution in [-0.2, 0) is 0 Å². The predicted octanol–water partition coefficient (Wildman–Crippen LogP) is 3.54. The molecule has 1 saturated heterocycles. The molecule has 1 aliphatic heterocycles. The van der Waals surface area contributed by atoms with Crippen molar-refractivity contribution in [1.82, 2.24) is 10.3 Å². The van der Waals surface area contributed by atoms with Crippen molar-refractivity contribution >= 4 is 11.8 Å². The van der Waals surface area contributed by atoms with Crippen LogP contribution in [0.5, 0.6) is 0 Å². The second kappa shape index (κ2) is 6.54. The van der Waals surface area contributed by atoms with E-state index in [0.29, 0.717) is 11.6 Å². The molecule has 3 rings (SSSR count). The number of hydrogen-bond acceptors (Lipinski definition) is 3. The van der Waals surface area contributed by atoms with Crippen LogP contribution in [0.25, 0.3) is 0 Å². The Morgan fingerprint density at radius 2 is 2.00 bits per heavy atom. The number of nitrogens with one attached hydrogen (secondary N) is 1. The molecule has 5 heteroatoms. The summed E-state index contributed by atoms with van der Waals surface area (Å²) in [5.74, 6) is 1.29. The van der Waals surface area contributed by atoms with Gasteiger partial charge in [-0.3, -0.25) is 4.98 Å². The maximum atomic E-state index is 14.2. The largest absolute Gasteiger partial charge is 0.303 e. The van der Waals surface area contributed by atoms with Gasteiger partial charge in [-0.05, 0) is 48.1 Å². The number of pyridine rings is 1. The molecular weight excluding hydrogens is 290 g/mol. The number of aromatic nitrogens is 1. The number of benzene rings is 1. The molecular formula is C16H16F2N2S. The van der Waals surface area contributed by atoms with E-state index in [1.54, 1.807) is 12.4 Å². The lowest BCUT2D eigenvalue weighted by molar-refractivity contribution is 0.482. The van der Waals surface area contributed by atoms with Crippen molar-refractivity contribution in [3.63, 3.8) is 0 Å². The monoisotopic (exact) mass is 306 g/mol. The third-order valence-electron chi connectivity index (χ3n) is 3.64. The van der Waals surface area contributed by atoms with Gasteiger partial charge in [0.25, 0.3) is 0 Å². The van der Waals surface area contributed by atoms with Crippen LogP contribution in [-0.4, -0.2) is 22.5 Å². The Morgan fingerprint density at radius 3 is 2.71 bits per heavy atom. The van der Waals surface area contributed by atoms with Crippen LogP contribution in [0.3, 0.4) is 0 Å². The maximum absolute atomic E-state index is 14.2. The van der Waals surface area contributed by atoms with Gasteiger partial charge in [-0.25, -0.2) is 8.78 Å². The lowest BCUT2D eigenvalue weighted by Gasteiger charge is -2.24. The van der Waals surface area contributed by atoms with Gasteiger partial charge in [-0.15, -0.1) is 0 Å². The third kappa shape index (κ3) is 3.41. The van der Waals surface area contributed by atoms with E-state index < -0.39 is 11.6 Å². The number of nitrogens with zero attached hydrogens (tertiary/aromatic N) is 1. The van der Waals surface area contributed by atoms with Gasteiger partial charge in [0, 0.05) is 29.8 Å². The van der Waals surface area contributed by atoms with Crippen LogP contribution in [0.15, 0.2) is 42.7 Å². The van der Waals surface area contributed by atoms with Crippen LogP contribution in [0.2, 0.25) is 0 Å².